The lowest BCUT2D eigenvalue weighted by atomic mass is 9.87. The number of amides is 1. The second-order valence-corrected chi connectivity index (χ2v) is 14.3. The fourth-order valence-electron chi connectivity index (χ4n) is 7.33. The highest BCUT2D eigenvalue weighted by Crippen LogP contribution is 2.45. The van der Waals surface area contributed by atoms with E-state index in [9.17, 15) is 37.1 Å². The zero-order chi connectivity index (χ0) is 37.0. The van der Waals surface area contributed by atoms with Gasteiger partial charge in [-0.3, -0.25) is 14.4 Å². The van der Waals surface area contributed by atoms with Crippen molar-refractivity contribution in [2.45, 2.75) is 108 Å². The van der Waals surface area contributed by atoms with Crippen LogP contribution in [-0.4, -0.2) is 47.1 Å². The first-order chi connectivity index (χ1) is 24.1. The molecule has 2 N–H and O–H groups in total. The van der Waals surface area contributed by atoms with E-state index in [0.29, 0.717) is 55.0 Å². The predicted octanol–water partition coefficient (Wildman–Crippen LogP) is 8.26. The van der Waals surface area contributed by atoms with Crippen molar-refractivity contribution in [1.82, 2.24) is 14.8 Å². The third-order valence-electron chi connectivity index (χ3n) is 9.97. The van der Waals surface area contributed by atoms with Crippen molar-refractivity contribution in [3.05, 3.63) is 91.9 Å². The van der Waals surface area contributed by atoms with Gasteiger partial charge in [-0.2, -0.15) is 13.2 Å². The number of benzene rings is 2. The fraction of sp³-hybridized carbons (Fsp3) is 0.513. The Balaban J connectivity index is 1.63. The van der Waals surface area contributed by atoms with Crippen LogP contribution in [0.25, 0.3) is 11.1 Å². The van der Waals surface area contributed by atoms with Gasteiger partial charge in [-0.1, -0.05) is 25.7 Å². The molecule has 5 rings (SSSR count). The number of aromatic nitrogens is 1. The third kappa shape index (κ3) is 9.44. The first kappa shape index (κ1) is 38.2. The number of hydrogen-bond donors (Lipinski definition) is 2. The van der Waals surface area contributed by atoms with Crippen LogP contribution in [0.2, 0.25) is 0 Å². The molecule has 0 saturated heterocycles. The summed E-state index contributed by atoms with van der Waals surface area (Å²) in [7, 11) is 3.60. The number of carboxylic acids is 1. The maximum Gasteiger partial charge on any atom is 0.416 e. The van der Waals surface area contributed by atoms with Crippen LogP contribution in [-0.2, 0) is 28.6 Å². The quantitative estimate of drug-likeness (QED) is 0.229. The van der Waals surface area contributed by atoms with Gasteiger partial charge < -0.3 is 19.9 Å². The van der Waals surface area contributed by atoms with Gasteiger partial charge in [0.25, 0.3) is 5.56 Å². The average Bonchev–Trinajstić information content (AvgIpc) is 3.87. The number of halogens is 5. The summed E-state index contributed by atoms with van der Waals surface area (Å²) in [6.45, 7) is 2.28. The highest BCUT2D eigenvalue weighted by molar-refractivity contribution is 5.82. The van der Waals surface area contributed by atoms with Crippen LogP contribution in [0.3, 0.4) is 0 Å². The van der Waals surface area contributed by atoms with E-state index in [4.69, 9.17) is 0 Å². The Bertz CT molecular complexity index is 1820. The molecule has 1 aromatic heterocycles. The van der Waals surface area contributed by atoms with Gasteiger partial charge in [0.2, 0.25) is 5.91 Å². The summed E-state index contributed by atoms with van der Waals surface area (Å²) in [4.78, 5) is 41.6. The van der Waals surface area contributed by atoms with Crippen molar-refractivity contribution in [3.63, 3.8) is 0 Å². The maximum absolute atomic E-state index is 16.4. The number of nitrogens with zero attached hydrogens (tertiary/aromatic N) is 2. The molecule has 12 heteroatoms. The van der Waals surface area contributed by atoms with Gasteiger partial charge in [0.15, 0.2) is 0 Å². The second kappa shape index (κ2) is 16.1. The summed E-state index contributed by atoms with van der Waals surface area (Å²) in [5.41, 5.74) is 0.903. The molecular formula is C39H46F5N3O4. The highest BCUT2D eigenvalue weighted by atomic mass is 19.4. The van der Waals surface area contributed by atoms with Crippen molar-refractivity contribution < 1.29 is 36.6 Å². The number of carbonyl (C=O) groups excluding carboxylic acids is 1. The SMILES string of the molecule is Cc1cc(F)cc2c1-c1cc(C3CC3)c(F)c(c1)[C@H](CC(=O)O)NC(=O)[C@@H](n1cc(CCCN(C)C)c(C(F)(F)F)cc1=O)CCCCCCC2. The Labute approximate surface area is 294 Å². The van der Waals surface area contributed by atoms with E-state index in [1.54, 1.807) is 27.1 Å². The van der Waals surface area contributed by atoms with Crippen LogP contribution in [0.1, 0.15) is 116 Å². The molecule has 1 saturated carbocycles. The van der Waals surface area contributed by atoms with Crippen LogP contribution in [0.4, 0.5) is 22.0 Å². The van der Waals surface area contributed by atoms with E-state index in [1.807, 2.05) is 4.90 Å². The minimum atomic E-state index is -4.79. The van der Waals surface area contributed by atoms with Crippen molar-refractivity contribution in [2.24, 2.45) is 0 Å². The molecule has 2 bridgehead atoms. The Morgan fingerprint density at radius 3 is 2.31 bits per heavy atom. The largest absolute Gasteiger partial charge is 0.481 e. The number of rotatable bonds is 8. The first-order valence-corrected chi connectivity index (χ1v) is 17.8. The number of fused-ring (bicyclic) bond motifs is 4. The molecule has 51 heavy (non-hydrogen) atoms. The normalized spacial score (nSPS) is 19.1. The molecule has 0 unspecified atom stereocenters. The second-order valence-electron chi connectivity index (χ2n) is 14.3. The molecule has 2 aromatic carbocycles. The van der Waals surface area contributed by atoms with Crippen molar-refractivity contribution in [3.8, 4) is 11.1 Å². The minimum Gasteiger partial charge on any atom is -0.481 e. The van der Waals surface area contributed by atoms with Crippen molar-refractivity contribution >= 4 is 11.9 Å². The lowest BCUT2D eigenvalue weighted by Gasteiger charge is -2.26. The summed E-state index contributed by atoms with van der Waals surface area (Å²) in [5, 5.41) is 12.7. The van der Waals surface area contributed by atoms with Crippen LogP contribution in [0.5, 0.6) is 0 Å². The van der Waals surface area contributed by atoms with Crippen molar-refractivity contribution in [2.75, 3.05) is 20.6 Å². The van der Waals surface area contributed by atoms with Gasteiger partial charge >= 0.3 is 12.1 Å². The van der Waals surface area contributed by atoms with Crippen LogP contribution in [0, 0.1) is 18.6 Å². The van der Waals surface area contributed by atoms with E-state index in [2.05, 4.69) is 5.32 Å². The lowest BCUT2D eigenvalue weighted by molar-refractivity contribution is -0.139. The number of aliphatic carboxylic acids is 1. The maximum atomic E-state index is 16.4. The molecule has 1 fully saturated rings. The minimum absolute atomic E-state index is 0.00994. The van der Waals surface area contributed by atoms with Crippen molar-refractivity contribution in [1.29, 1.82) is 0 Å². The number of pyridine rings is 1. The molecule has 1 aliphatic heterocycles. The number of carbonyl (C=O) groups is 2. The predicted molar refractivity (Wildman–Crippen MR) is 185 cm³/mol. The number of aryl methyl sites for hydroxylation is 3. The molecule has 276 valence electrons. The van der Waals surface area contributed by atoms with Gasteiger partial charge in [-0.05, 0) is 136 Å². The zero-order valence-corrected chi connectivity index (χ0v) is 29.3. The van der Waals surface area contributed by atoms with Gasteiger partial charge in [0.05, 0.1) is 18.0 Å². The lowest BCUT2D eigenvalue weighted by Crippen LogP contribution is -2.40. The van der Waals surface area contributed by atoms with Crippen LogP contribution in [0.15, 0.2) is 41.3 Å². The van der Waals surface area contributed by atoms with E-state index in [1.165, 1.54) is 18.2 Å². The Kier molecular flexibility index (Phi) is 12.0. The topological polar surface area (TPSA) is 91.6 Å². The van der Waals surface area contributed by atoms with E-state index in [0.717, 1.165) is 54.0 Å². The monoisotopic (exact) mass is 715 g/mol. The number of hydrogen-bond acceptors (Lipinski definition) is 4. The molecule has 0 radical (unpaired) electrons. The molecular weight excluding hydrogens is 669 g/mol. The molecule has 0 spiro atoms. The summed E-state index contributed by atoms with van der Waals surface area (Å²) in [6.07, 6.45) is 1.56. The molecule has 3 aromatic rings. The summed E-state index contributed by atoms with van der Waals surface area (Å²) in [6, 6.07) is 4.06. The van der Waals surface area contributed by atoms with Crippen LogP contribution >= 0.6 is 0 Å². The molecule has 2 atom stereocenters. The van der Waals surface area contributed by atoms with Crippen LogP contribution < -0.4 is 10.9 Å². The molecule has 7 nitrogen and oxygen atoms in total. The van der Waals surface area contributed by atoms with Gasteiger partial charge in [-0.15, -0.1) is 0 Å². The summed E-state index contributed by atoms with van der Waals surface area (Å²) >= 11 is 0. The third-order valence-corrected chi connectivity index (χ3v) is 9.97. The fourth-order valence-corrected chi connectivity index (χ4v) is 7.33. The van der Waals surface area contributed by atoms with E-state index < -0.39 is 53.5 Å². The molecule has 2 heterocycles. The first-order valence-electron chi connectivity index (χ1n) is 17.8. The molecule has 1 amide bonds. The summed E-state index contributed by atoms with van der Waals surface area (Å²) in [5.74, 6) is -3.21. The summed E-state index contributed by atoms with van der Waals surface area (Å²) < 4.78 is 74.4. The van der Waals surface area contributed by atoms with E-state index in [-0.39, 0.29) is 35.7 Å². The average molecular weight is 716 g/mol. The Hall–Kier alpha value is -4.06. The molecule has 1 aliphatic carbocycles. The zero-order valence-electron chi connectivity index (χ0n) is 29.3. The molecule has 2 aliphatic rings. The Morgan fingerprint density at radius 2 is 1.65 bits per heavy atom. The number of nitrogens with one attached hydrogen (secondary N) is 1. The Morgan fingerprint density at radius 1 is 0.961 bits per heavy atom. The smallest absolute Gasteiger partial charge is 0.416 e. The standard InChI is InChI=1S/C39H46F5N3O4/c1-23-16-28(40)17-25-10-7-5-4-6-8-12-33(47-22-26(11-9-15-46(2)3)31(20-34(47)48)39(42,43)44)38(51)45-32(21-35(49)50)30-19-27(36(23)25)18-29(37(30)41)24-13-14-24/h16-20,22,24,32-33H,4-15,21H2,1-3H3,(H,45,51)(H,49,50)/t32-,33-/m0/s1. The van der Waals surface area contributed by atoms with Gasteiger partial charge in [0.1, 0.15) is 17.7 Å². The number of carboxylic acid groups (broad SMARTS) is 1. The van der Waals surface area contributed by atoms with Gasteiger partial charge in [-0.25, -0.2) is 8.78 Å². The number of alkyl halides is 3. The van der Waals surface area contributed by atoms with Gasteiger partial charge in [0, 0.05) is 17.8 Å². The highest BCUT2D eigenvalue weighted by Gasteiger charge is 2.36. The van der Waals surface area contributed by atoms with E-state index >= 15 is 4.39 Å².